The second-order valence-electron chi connectivity index (χ2n) is 6.53. The van der Waals surface area contributed by atoms with Gasteiger partial charge in [-0.2, -0.15) is 0 Å². The van der Waals surface area contributed by atoms with Crippen LogP contribution in [0.2, 0.25) is 0 Å². The number of rotatable bonds is 4. The number of ether oxygens (including phenoxy) is 2. The first kappa shape index (κ1) is 16.4. The van der Waals surface area contributed by atoms with Gasteiger partial charge < -0.3 is 13.9 Å². The van der Waals surface area contributed by atoms with Gasteiger partial charge in [-0.3, -0.25) is 4.79 Å². The zero-order valence-corrected chi connectivity index (χ0v) is 14.7. The molecule has 3 aromatic rings. The third kappa shape index (κ3) is 2.33. The highest BCUT2D eigenvalue weighted by atomic mass is 16.5. The van der Waals surface area contributed by atoms with Crippen LogP contribution in [0.4, 0.5) is 0 Å². The van der Waals surface area contributed by atoms with E-state index in [0.29, 0.717) is 33.4 Å². The average molecular weight is 326 g/mol. The maximum Gasteiger partial charge on any atom is 0.204 e. The lowest BCUT2D eigenvalue weighted by atomic mass is 9.81. The fourth-order valence-corrected chi connectivity index (χ4v) is 2.98. The first-order valence-electron chi connectivity index (χ1n) is 8.05. The van der Waals surface area contributed by atoms with Gasteiger partial charge in [-0.25, -0.2) is 0 Å². The molecule has 0 saturated carbocycles. The topological polar surface area (TPSA) is 48.7 Å². The number of benzene rings is 2. The van der Waals surface area contributed by atoms with Gasteiger partial charge in [-0.1, -0.05) is 32.9 Å². The molecule has 0 radical (unpaired) electrons. The lowest BCUT2D eigenvalue weighted by Crippen LogP contribution is -2.17. The van der Waals surface area contributed by atoms with E-state index >= 15 is 0 Å². The Morgan fingerprint density at radius 3 is 2.33 bits per heavy atom. The van der Waals surface area contributed by atoms with E-state index < -0.39 is 0 Å². The average Bonchev–Trinajstić information content (AvgIpc) is 2.60. The largest absolute Gasteiger partial charge is 0.496 e. The summed E-state index contributed by atoms with van der Waals surface area (Å²) in [5.74, 6) is 1.08. The molecule has 0 bridgehead atoms. The molecule has 126 valence electrons. The summed E-state index contributed by atoms with van der Waals surface area (Å²) in [5.41, 5.74) is 1.81. The summed E-state index contributed by atoms with van der Waals surface area (Å²) < 4.78 is 17.0. The molecule has 0 saturated heterocycles. The van der Waals surface area contributed by atoms with Crippen LogP contribution in [-0.4, -0.2) is 14.2 Å². The van der Waals surface area contributed by atoms with Crippen molar-refractivity contribution in [3.05, 3.63) is 46.1 Å². The maximum absolute atomic E-state index is 13.1. The van der Waals surface area contributed by atoms with Gasteiger partial charge in [0, 0.05) is 5.56 Å². The zero-order valence-electron chi connectivity index (χ0n) is 14.7. The SMILES string of the molecule is CCC(C)(C)c1ccc(OC)c2c(=O)c3cccc(OC)c3oc12. The third-order valence-corrected chi connectivity index (χ3v) is 4.83. The third-order valence-electron chi connectivity index (χ3n) is 4.83. The highest BCUT2D eigenvalue weighted by Gasteiger charge is 2.26. The molecule has 0 aliphatic carbocycles. The van der Waals surface area contributed by atoms with Crippen LogP contribution in [-0.2, 0) is 5.41 Å². The quantitative estimate of drug-likeness (QED) is 0.655. The van der Waals surface area contributed by atoms with Gasteiger partial charge in [0.2, 0.25) is 5.43 Å². The normalized spacial score (nSPS) is 11.9. The van der Waals surface area contributed by atoms with E-state index in [1.54, 1.807) is 32.4 Å². The molecule has 2 aromatic carbocycles. The zero-order chi connectivity index (χ0) is 17.5. The van der Waals surface area contributed by atoms with Crippen molar-refractivity contribution in [3.8, 4) is 11.5 Å². The second kappa shape index (κ2) is 5.86. The Labute approximate surface area is 141 Å². The first-order chi connectivity index (χ1) is 11.4. The Bertz CT molecular complexity index is 967. The Kier molecular flexibility index (Phi) is 3.99. The minimum Gasteiger partial charge on any atom is -0.496 e. The summed E-state index contributed by atoms with van der Waals surface area (Å²) >= 11 is 0. The molecule has 3 rings (SSSR count). The molecule has 4 nitrogen and oxygen atoms in total. The van der Waals surface area contributed by atoms with Crippen LogP contribution in [0.25, 0.3) is 21.9 Å². The minimum absolute atomic E-state index is 0.101. The number of hydrogen-bond acceptors (Lipinski definition) is 4. The molecule has 0 fully saturated rings. The van der Waals surface area contributed by atoms with Gasteiger partial charge in [0.05, 0.1) is 19.6 Å². The van der Waals surface area contributed by atoms with Crippen LogP contribution in [0.15, 0.2) is 39.5 Å². The lowest BCUT2D eigenvalue weighted by Gasteiger charge is -2.24. The van der Waals surface area contributed by atoms with E-state index in [0.717, 1.165) is 12.0 Å². The van der Waals surface area contributed by atoms with Crippen molar-refractivity contribution < 1.29 is 13.9 Å². The maximum atomic E-state index is 13.1. The van der Waals surface area contributed by atoms with Crippen molar-refractivity contribution in [1.82, 2.24) is 0 Å². The predicted octanol–water partition coefficient (Wildman–Crippen LogP) is 4.65. The molecule has 0 unspecified atom stereocenters. The van der Waals surface area contributed by atoms with Crippen molar-refractivity contribution in [2.24, 2.45) is 0 Å². The van der Waals surface area contributed by atoms with Gasteiger partial charge >= 0.3 is 0 Å². The molecule has 4 heteroatoms. The van der Waals surface area contributed by atoms with E-state index in [4.69, 9.17) is 13.9 Å². The summed E-state index contributed by atoms with van der Waals surface area (Å²) in [6, 6.07) is 9.16. The predicted molar refractivity (Wildman–Crippen MR) is 96.4 cm³/mol. The molecule has 0 N–H and O–H groups in total. The Morgan fingerprint density at radius 1 is 1.00 bits per heavy atom. The summed E-state index contributed by atoms with van der Waals surface area (Å²) in [5, 5.41) is 0.976. The molecule has 0 atom stereocenters. The second-order valence-corrected chi connectivity index (χ2v) is 6.53. The number of methoxy groups -OCH3 is 2. The van der Waals surface area contributed by atoms with Crippen molar-refractivity contribution in [2.75, 3.05) is 14.2 Å². The highest BCUT2D eigenvalue weighted by molar-refractivity contribution is 5.96. The van der Waals surface area contributed by atoms with E-state index in [1.807, 2.05) is 12.1 Å². The molecule has 0 spiro atoms. The van der Waals surface area contributed by atoms with Crippen molar-refractivity contribution in [2.45, 2.75) is 32.6 Å². The van der Waals surface area contributed by atoms with Crippen LogP contribution in [0.3, 0.4) is 0 Å². The molecule has 0 amide bonds. The number of hydrogen-bond donors (Lipinski definition) is 0. The summed E-state index contributed by atoms with van der Waals surface area (Å²) in [4.78, 5) is 13.1. The molecular formula is C20H22O4. The molecule has 1 aromatic heterocycles. The van der Waals surface area contributed by atoms with Crippen LogP contribution in [0.5, 0.6) is 11.5 Å². The summed E-state index contributed by atoms with van der Waals surface area (Å²) in [6.45, 7) is 6.40. The van der Waals surface area contributed by atoms with Gasteiger partial charge in [0.25, 0.3) is 0 Å². The van der Waals surface area contributed by atoms with Crippen molar-refractivity contribution >= 4 is 21.9 Å². The minimum atomic E-state index is -0.129. The molecule has 0 aliphatic rings. The van der Waals surface area contributed by atoms with Crippen LogP contribution in [0.1, 0.15) is 32.8 Å². The van der Waals surface area contributed by atoms with Crippen LogP contribution < -0.4 is 14.9 Å². The Hall–Kier alpha value is -2.49. The molecule has 0 aliphatic heterocycles. The molecule has 24 heavy (non-hydrogen) atoms. The number of fused-ring (bicyclic) bond motifs is 2. The highest BCUT2D eigenvalue weighted by Crippen LogP contribution is 2.38. The monoisotopic (exact) mass is 326 g/mol. The first-order valence-corrected chi connectivity index (χ1v) is 8.05. The van der Waals surface area contributed by atoms with E-state index in [-0.39, 0.29) is 10.8 Å². The molecule has 1 heterocycles. The van der Waals surface area contributed by atoms with Gasteiger partial charge in [0.15, 0.2) is 11.3 Å². The summed E-state index contributed by atoms with van der Waals surface area (Å²) in [6.07, 6.45) is 0.919. The van der Waals surface area contributed by atoms with Gasteiger partial charge in [-0.15, -0.1) is 0 Å². The fraction of sp³-hybridized carbons (Fsp3) is 0.350. The molecular weight excluding hydrogens is 304 g/mol. The van der Waals surface area contributed by atoms with E-state index in [2.05, 4.69) is 20.8 Å². The Balaban J connectivity index is 2.57. The smallest absolute Gasteiger partial charge is 0.204 e. The van der Waals surface area contributed by atoms with Crippen molar-refractivity contribution in [3.63, 3.8) is 0 Å². The van der Waals surface area contributed by atoms with Crippen LogP contribution >= 0.6 is 0 Å². The van der Waals surface area contributed by atoms with Gasteiger partial charge in [0.1, 0.15) is 16.7 Å². The van der Waals surface area contributed by atoms with E-state index in [9.17, 15) is 4.79 Å². The Morgan fingerprint density at radius 2 is 1.71 bits per heavy atom. The van der Waals surface area contributed by atoms with Crippen molar-refractivity contribution in [1.29, 1.82) is 0 Å². The van der Waals surface area contributed by atoms with Gasteiger partial charge in [-0.05, 0) is 30.0 Å². The van der Waals surface area contributed by atoms with Crippen LogP contribution in [0, 0.1) is 0 Å². The number of para-hydroxylation sites is 1. The summed E-state index contributed by atoms with van der Waals surface area (Å²) in [7, 11) is 3.13. The van der Waals surface area contributed by atoms with E-state index in [1.165, 1.54) is 0 Å². The standard InChI is InChI=1S/C20H22O4/c1-6-20(2,3)13-10-11-14(22-4)16-17(21)12-8-7-9-15(23-5)18(12)24-19(13)16/h7-11H,6H2,1-5H3. The lowest BCUT2D eigenvalue weighted by molar-refractivity contribution is 0.409. The fourth-order valence-electron chi connectivity index (χ4n) is 2.98.